The standard InChI is InChI=1S/C12H9NO3S/c14-8-5-6-9-10-3-1-2-4-12(10)17(15,16)13-11(9)7-8/h1-7,13-14H. The molecule has 0 saturated heterocycles. The van der Waals surface area contributed by atoms with Crippen molar-refractivity contribution in [2.45, 2.75) is 4.90 Å². The molecular formula is C12H9NO3S. The fourth-order valence-electron chi connectivity index (χ4n) is 1.97. The monoisotopic (exact) mass is 247 g/mol. The van der Waals surface area contributed by atoms with E-state index in [1.807, 2.05) is 0 Å². The van der Waals surface area contributed by atoms with Gasteiger partial charge in [0.15, 0.2) is 0 Å². The number of nitrogens with one attached hydrogen (secondary N) is 1. The van der Waals surface area contributed by atoms with Crippen LogP contribution in [-0.4, -0.2) is 13.5 Å². The molecule has 0 unspecified atom stereocenters. The molecule has 0 aromatic heterocycles. The lowest BCUT2D eigenvalue weighted by Gasteiger charge is -2.21. The van der Waals surface area contributed by atoms with Crippen LogP contribution in [0.2, 0.25) is 0 Å². The second-order valence-corrected chi connectivity index (χ2v) is 5.48. The molecule has 17 heavy (non-hydrogen) atoms. The molecule has 0 fully saturated rings. The maximum absolute atomic E-state index is 12.0. The summed E-state index contributed by atoms with van der Waals surface area (Å²) in [4.78, 5) is 0.262. The Labute approximate surface area is 98.6 Å². The Morgan fingerprint density at radius 3 is 2.59 bits per heavy atom. The molecule has 2 aromatic rings. The summed E-state index contributed by atoms with van der Waals surface area (Å²) in [6.45, 7) is 0. The third kappa shape index (κ3) is 1.47. The molecule has 2 N–H and O–H groups in total. The first-order valence-electron chi connectivity index (χ1n) is 5.03. The molecule has 1 aliphatic heterocycles. The molecule has 1 aliphatic rings. The molecule has 0 amide bonds. The van der Waals surface area contributed by atoms with E-state index in [-0.39, 0.29) is 10.6 Å². The minimum atomic E-state index is -3.53. The zero-order valence-corrected chi connectivity index (χ0v) is 9.53. The fraction of sp³-hybridized carbons (Fsp3) is 0. The maximum atomic E-state index is 12.0. The van der Waals surface area contributed by atoms with Crippen molar-refractivity contribution in [2.24, 2.45) is 0 Å². The number of hydrogen-bond donors (Lipinski definition) is 2. The third-order valence-electron chi connectivity index (χ3n) is 2.71. The van der Waals surface area contributed by atoms with Crippen molar-refractivity contribution in [1.82, 2.24) is 0 Å². The van der Waals surface area contributed by atoms with Crippen molar-refractivity contribution in [2.75, 3.05) is 4.72 Å². The lowest BCUT2D eigenvalue weighted by atomic mass is 10.0. The van der Waals surface area contributed by atoms with Crippen molar-refractivity contribution in [3.05, 3.63) is 42.5 Å². The van der Waals surface area contributed by atoms with Gasteiger partial charge >= 0.3 is 0 Å². The number of phenolic OH excluding ortho intramolecular Hbond substituents is 1. The van der Waals surface area contributed by atoms with E-state index >= 15 is 0 Å². The van der Waals surface area contributed by atoms with Gasteiger partial charge in [0.1, 0.15) is 5.75 Å². The van der Waals surface area contributed by atoms with Crippen molar-refractivity contribution in [3.63, 3.8) is 0 Å². The van der Waals surface area contributed by atoms with E-state index in [4.69, 9.17) is 0 Å². The lowest BCUT2D eigenvalue weighted by Crippen LogP contribution is -2.18. The van der Waals surface area contributed by atoms with E-state index in [0.717, 1.165) is 5.56 Å². The number of fused-ring (bicyclic) bond motifs is 3. The number of anilines is 1. The number of benzene rings is 2. The van der Waals surface area contributed by atoms with Crippen LogP contribution < -0.4 is 4.72 Å². The van der Waals surface area contributed by atoms with E-state index < -0.39 is 10.0 Å². The zero-order valence-electron chi connectivity index (χ0n) is 8.71. The van der Waals surface area contributed by atoms with Gasteiger partial charge < -0.3 is 5.11 Å². The van der Waals surface area contributed by atoms with Crippen LogP contribution in [0, 0.1) is 0 Å². The van der Waals surface area contributed by atoms with Gasteiger partial charge in [-0.1, -0.05) is 18.2 Å². The number of hydrogen-bond acceptors (Lipinski definition) is 3. The average molecular weight is 247 g/mol. The quantitative estimate of drug-likeness (QED) is 0.749. The van der Waals surface area contributed by atoms with Crippen LogP contribution >= 0.6 is 0 Å². The topological polar surface area (TPSA) is 66.4 Å². The van der Waals surface area contributed by atoms with Crippen LogP contribution in [0.15, 0.2) is 47.4 Å². The van der Waals surface area contributed by atoms with Crippen molar-refractivity contribution in [3.8, 4) is 16.9 Å². The van der Waals surface area contributed by atoms with E-state index in [2.05, 4.69) is 4.72 Å². The Hall–Kier alpha value is -2.01. The fourth-order valence-corrected chi connectivity index (χ4v) is 3.27. The highest BCUT2D eigenvalue weighted by molar-refractivity contribution is 7.93. The molecule has 0 saturated carbocycles. The van der Waals surface area contributed by atoms with E-state index in [0.29, 0.717) is 11.3 Å². The van der Waals surface area contributed by atoms with E-state index in [9.17, 15) is 13.5 Å². The lowest BCUT2D eigenvalue weighted by molar-refractivity contribution is 0.475. The largest absolute Gasteiger partial charge is 0.508 e. The molecule has 1 heterocycles. The molecule has 2 aromatic carbocycles. The van der Waals surface area contributed by atoms with Crippen LogP contribution in [0.1, 0.15) is 0 Å². The Balaban J connectivity index is 2.39. The molecule has 4 nitrogen and oxygen atoms in total. The van der Waals surface area contributed by atoms with Crippen LogP contribution in [0.5, 0.6) is 5.75 Å². The van der Waals surface area contributed by atoms with Crippen molar-refractivity contribution in [1.29, 1.82) is 0 Å². The molecule has 0 spiro atoms. The SMILES string of the molecule is O=S1(=O)Nc2cc(O)ccc2-c2ccccc21. The molecule has 86 valence electrons. The number of aromatic hydroxyl groups is 1. The highest BCUT2D eigenvalue weighted by atomic mass is 32.2. The second-order valence-electron chi connectivity index (χ2n) is 3.83. The van der Waals surface area contributed by atoms with Gasteiger partial charge in [0.25, 0.3) is 10.0 Å². The summed E-state index contributed by atoms with van der Waals surface area (Å²) in [7, 11) is -3.53. The molecule has 0 radical (unpaired) electrons. The number of rotatable bonds is 0. The number of phenols is 1. The summed E-state index contributed by atoms with van der Waals surface area (Å²) in [6.07, 6.45) is 0. The maximum Gasteiger partial charge on any atom is 0.262 e. The van der Waals surface area contributed by atoms with Crippen LogP contribution in [0.3, 0.4) is 0 Å². The molecule has 5 heteroatoms. The van der Waals surface area contributed by atoms with Gasteiger partial charge in [0.2, 0.25) is 0 Å². The van der Waals surface area contributed by atoms with Crippen LogP contribution in [0.25, 0.3) is 11.1 Å². The molecule has 0 bridgehead atoms. The first-order valence-corrected chi connectivity index (χ1v) is 6.51. The average Bonchev–Trinajstić information content (AvgIpc) is 2.28. The summed E-state index contributed by atoms with van der Waals surface area (Å²) >= 11 is 0. The van der Waals surface area contributed by atoms with E-state index in [1.165, 1.54) is 12.1 Å². The smallest absolute Gasteiger partial charge is 0.262 e. The Kier molecular flexibility index (Phi) is 1.94. The van der Waals surface area contributed by atoms with Gasteiger partial charge in [-0.15, -0.1) is 0 Å². The highest BCUT2D eigenvalue weighted by Gasteiger charge is 2.26. The predicted octanol–water partition coefficient (Wildman–Crippen LogP) is 2.17. The highest BCUT2D eigenvalue weighted by Crippen LogP contribution is 2.40. The summed E-state index contributed by atoms with van der Waals surface area (Å²) in [5.41, 5.74) is 1.83. The zero-order chi connectivity index (χ0) is 12.0. The van der Waals surface area contributed by atoms with Crippen LogP contribution in [-0.2, 0) is 10.0 Å². The van der Waals surface area contributed by atoms with Crippen molar-refractivity contribution >= 4 is 15.7 Å². The number of sulfonamides is 1. The minimum absolute atomic E-state index is 0.0332. The van der Waals surface area contributed by atoms with Gasteiger partial charge in [-0.3, -0.25) is 4.72 Å². The first-order chi connectivity index (χ1) is 8.08. The molecule has 0 atom stereocenters. The minimum Gasteiger partial charge on any atom is -0.508 e. The van der Waals surface area contributed by atoms with Crippen molar-refractivity contribution < 1.29 is 13.5 Å². The van der Waals surface area contributed by atoms with Crippen LogP contribution in [0.4, 0.5) is 5.69 Å². The van der Waals surface area contributed by atoms with Gasteiger partial charge in [0, 0.05) is 17.2 Å². The first kappa shape index (κ1) is 10.2. The van der Waals surface area contributed by atoms with Gasteiger partial charge in [-0.25, -0.2) is 8.42 Å². The Bertz CT molecular complexity index is 707. The Morgan fingerprint density at radius 2 is 1.76 bits per heavy atom. The molecular weight excluding hydrogens is 238 g/mol. The third-order valence-corrected chi connectivity index (χ3v) is 4.14. The second kappa shape index (κ2) is 3.24. The van der Waals surface area contributed by atoms with Gasteiger partial charge in [-0.05, 0) is 18.2 Å². The van der Waals surface area contributed by atoms with Gasteiger partial charge in [0.05, 0.1) is 10.6 Å². The van der Waals surface area contributed by atoms with E-state index in [1.54, 1.807) is 30.3 Å². The Morgan fingerprint density at radius 1 is 1.00 bits per heavy atom. The molecule has 3 rings (SSSR count). The van der Waals surface area contributed by atoms with Gasteiger partial charge in [-0.2, -0.15) is 0 Å². The summed E-state index contributed by atoms with van der Waals surface area (Å²) < 4.78 is 26.4. The summed E-state index contributed by atoms with van der Waals surface area (Å²) in [5.74, 6) is 0.0332. The normalized spacial score (nSPS) is 15.5. The predicted molar refractivity (Wildman–Crippen MR) is 64.4 cm³/mol. The summed E-state index contributed by atoms with van der Waals surface area (Å²) in [5, 5.41) is 9.37. The summed E-state index contributed by atoms with van der Waals surface area (Å²) in [6, 6.07) is 11.4. The molecule has 0 aliphatic carbocycles.